The van der Waals surface area contributed by atoms with E-state index in [-0.39, 0.29) is 35.9 Å². The summed E-state index contributed by atoms with van der Waals surface area (Å²) in [6.45, 7) is 8.58. The molecule has 0 aromatic heterocycles. The number of nitrogens with zero attached hydrogens (tertiary/aromatic N) is 3. The van der Waals surface area contributed by atoms with E-state index < -0.39 is 0 Å². The van der Waals surface area contributed by atoms with Crippen LogP contribution >= 0.6 is 35.6 Å². The predicted molar refractivity (Wildman–Crippen MR) is 136 cm³/mol. The molecule has 9 heteroatoms. The average Bonchev–Trinajstić information content (AvgIpc) is 2.75. The largest absolute Gasteiger partial charge is 0.379 e. The van der Waals surface area contributed by atoms with Crippen LogP contribution in [0.25, 0.3) is 0 Å². The number of piperidine rings is 1. The van der Waals surface area contributed by atoms with Gasteiger partial charge in [0.1, 0.15) is 0 Å². The molecule has 7 nitrogen and oxygen atoms in total. The highest BCUT2D eigenvalue weighted by Crippen LogP contribution is 2.25. The Hall–Kier alpha value is -1.10. The zero-order valence-electron chi connectivity index (χ0n) is 18.3. The van der Waals surface area contributed by atoms with Gasteiger partial charge in [-0.3, -0.25) is 14.7 Å². The summed E-state index contributed by atoms with van der Waals surface area (Å²) in [4.78, 5) is 21.1. The number of amides is 1. The molecule has 2 fully saturated rings. The highest BCUT2D eigenvalue weighted by molar-refractivity contribution is 14.0. The summed E-state index contributed by atoms with van der Waals surface area (Å²) >= 11 is 6.11. The zero-order valence-corrected chi connectivity index (χ0v) is 21.4. The first-order valence-corrected chi connectivity index (χ1v) is 11.3. The van der Waals surface area contributed by atoms with Crippen LogP contribution in [0.15, 0.2) is 29.3 Å². The van der Waals surface area contributed by atoms with Gasteiger partial charge in [-0.25, -0.2) is 0 Å². The maximum Gasteiger partial charge on any atom is 0.217 e. The molecule has 31 heavy (non-hydrogen) atoms. The van der Waals surface area contributed by atoms with E-state index in [2.05, 4.69) is 34.2 Å². The number of benzene rings is 1. The number of carbonyl (C=O) groups excluding carboxylic acids is 1. The van der Waals surface area contributed by atoms with Gasteiger partial charge in [0.2, 0.25) is 5.91 Å². The third-order valence-corrected chi connectivity index (χ3v) is 6.05. The van der Waals surface area contributed by atoms with Gasteiger partial charge in [0.05, 0.1) is 25.8 Å². The minimum Gasteiger partial charge on any atom is -0.379 e. The number of ether oxygens (including phenoxy) is 1. The number of carbonyl (C=O) groups is 1. The molecule has 0 saturated carbocycles. The lowest BCUT2D eigenvalue weighted by Gasteiger charge is -2.36. The maximum atomic E-state index is 11.4. The molecule has 1 amide bonds. The first-order valence-electron chi connectivity index (χ1n) is 11.0. The summed E-state index contributed by atoms with van der Waals surface area (Å²) in [5.74, 6) is 0.990. The van der Waals surface area contributed by atoms with Crippen molar-refractivity contribution in [1.82, 2.24) is 15.1 Å². The van der Waals surface area contributed by atoms with E-state index in [4.69, 9.17) is 27.1 Å². The van der Waals surface area contributed by atoms with Gasteiger partial charge in [-0.05, 0) is 43.4 Å². The van der Waals surface area contributed by atoms with E-state index in [1.807, 2.05) is 12.1 Å². The highest BCUT2D eigenvalue weighted by Gasteiger charge is 2.26. The van der Waals surface area contributed by atoms with Crippen molar-refractivity contribution in [1.29, 1.82) is 0 Å². The molecule has 2 aliphatic heterocycles. The third kappa shape index (κ3) is 8.07. The SMILES string of the molecule is CCNC(=NCC(c1ccc(Cl)cc1)N1CCOCC1)N1CCCC(CC(N)=O)C1.I. The van der Waals surface area contributed by atoms with E-state index in [0.717, 1.165) is 69.8 Å². The molecule has 0 radical (unpaired) electrons. The van der Waals surface area contributed by atoms with Crippen LogP contribution in [0.1, 0.15) is 37.8 Å². The van der Waals surface area contributed by atoms with Crippen molar-refractivity contribution in [3.05, 3.63) is 34.9 Å². The van der Waals surface area contributed by atoms with E-state index in [9.17, 15) is 4.79 Å². The molecular formula is C22H35ClIN5O2. The van der Waals surface area contributed by atoms with Gasteiger partial charge in [-0.15, -0.1) is 24.0 Å². The topological polar surface area (TPSA) is 83.2 Å². The van der Waals surface area contributed by atoms with Crippen LogP contribution in [0, 0.1) is 5.92 Å². The fourth-order valence-corrected chi connectivity index (χ4v) is 4.44. The van der Waals surface area contributed by atoms with Crippen molar-refractivity contribution in [2.45, 2.75) is 32.2 Å². The lowest BCUT2D eigenvalue weighted by Crippen LogP contribution is -2.47. The van der Waals surface area contributed by atoms with Gasteiger partial charge >= 0.3 is 0 Å². The van der Waals surface area contributed by atoms with Gasteiger partial charge in [0.25, 0.3) is 0 Å². The summed E-state index contributed by atoms with van der Waals surface area (Å²) < 4.78 is 5.55. The predicted octanol–water partition coefficient (Wildman–Crippen LogP) is 2.88. The van der Waals surface area contributed by atoms with Crippen LogP contribution in [-0.4, -0.2) is 74.1 Å². The number of hydrogen-bond acceptors (Lipinski definition) is 4. The minimum atomic E-state index is -0.223. The van der Waals surface area contributed by atoms with Gasteiger partial charge in [-0.2, -0.15) is 0 Å². The van der Waals surface area contributed by atoms with Crippen LogP contribution in [0.5, 0.6) is 0 Å². The molecule has 3 rings (SSSR count). The number of guanidine groups is 1. The molecule has 2 unspecified atom stereocenters. The number of nitrogens with two attached hydrogens (primary N) is 1. The van der Waals surface area contributed by atoms with Gasteiger partial charge in [0.15, 0.2) is 5.96 Å². The first-order chi connectivity index (χ1) is 14.6. The van der Waals surface area contributed by atoms with E-state index >= 15 is 0 Å². The Kier molecular flexibility index (Phi) is 11.3. The quantitative estimate of drug-likeness (QED) is 0.303. The highest BCUT2D eigenvalue weighted by atomic mass is 127. The Morgan fingerprint density at radius 1 is 1.29 bits per heavy atom. The fraction of sp³-hybridized carbons (Fsp3) is 0.636. The minimum absolute atomic E-state index is 0. The van der Waals surface area contributed by atoms with Crippen LogP contribution in [-0.2, 0) is 9.53 Å². The number of morpholine rings is 1. The molecule has 1 aromatic carbocycles. The number of rotatable bonds is 7. The Labute approximate surface area is 207 Å². The number of primary amides is 1. The molecule has 1 aromatic rings. The number of nitrogens with one attached hydrogen (secondary N) is 1. The lowest BCUT2D eigenvalue weighted by atomic mass is 9.95. The number of halogens is 2. The standard InChI is InChI=1S/C22H34ClN5O2.HI/c1-2-25-22(28-9-3-4-17(16-28)14-21(24)29)26-15-20(27-10-12-30-13-11-27)18-5-7-19(23)8-6-18;/h5-8,17,20H,2-4,9-16H2,1H3,(H2,24,29)(H,25,26);1H. The van der Waals surface area contributed by atoms with Crippen LogP contribution in [0.3, 0.4) is 0 Å². The van der Waals surface area contributed by atoms with E-state index in [1.165, 1.54) is 5.56 Å². The van der Waals surface area contributed by atoms with Crippen molar-refractivity contribution in [2.24, 2.45) is 16.6 Å². The third-order valence-electron chi connectivity index (χ3n) is 5.80. The Morgan fingerprint density at radius 2 is 2.00 bits per heavy atom. The summed E-state index contributed by atoms with van der Waals surface area (Å²) in [6.07, 6.45) is 2.53. The molecule has 2 heterocycles. The summed E-state index contributed by atoms with van der Waals surface area (Å²) in [6, 6.07) is 8.24. The average molecular weight is 564 g/mol. The van der Waals surface area contributed by atoms with Crippen molar-refractivity contribution in [3.63, 3.8) is 0 Å². The fourth-order valence-electron chi connectivity index (χ4n) is 4.31. The lowest BCUT2D eigenvalue weighted by molar-refractivity contribution is -0.119. The van der Waals surface area contributed by atoms with Crippen LogP contribution < -0.4 is 11.1 Å². The summed E-state index contributed by atoms with van der Waals surface area (Å²) in [5.41, 5.74) is 6.65. The van der Waals surface area contributed by atoms with Gasteiger partial charge < -0.3 is 20.7 Å². The Morgan fingerprint density at radius 3 is 2.65 bits per heavy atom. The van der Waals surface area contributed by atoms with Gasteiger partial charge in [-0.1, -0.05) is 23.7 Å². The Balaban J connectivity index is 0.00000341. The van der Waals surface area contributed by atoms with E-state index in [0.29, 0.717) is 18.9 Å². The van der Waals surface area contributed by atoms with Crippen LogP contribution in [0.2, 0.25) is 5.02 Å². The molecule has 0 aliphatic carbocycles. The summed E-state index contributed by atoms with van der Waals surface area (Å²) in [5, 5.41) is 4.18. The molecule has 2 saturated heterocycles. The second-order valence-corrected chi connectivity index (χ2v) is 8.47. The number of hydrogen-bond donors (Lipinski definition) is 2. The second-order valence-electron chi connectivity index (χ2n) is 8.04. The summed E-state index contributed by atoms with van der Waals surface area (Å²) in [7, 11) is 0. The molecule has 174 valence electrons. The van der Waals surface area contributed by atoms with E-state index in [1.54, 1.807) is 0 Å². The molecule has 0 bridgehead atoms. The maximum absolute atomic E-state index is 11.4. The number of aliphatic imine (C=N–C) groups is 1. The molecular weight excluding hydrogens is 529 g/mol. The number of likely N-dealkylation sites (tertiary alicyclic amines) is 1. The van der Waals surface area contributed by atoms with Crippen molar-refractivity contribution in [3.8, 4) is 0 Å². The smallest absolute Gasteiger partial charge is 0.217 e. The normalized spacial score (nSPS) is 21.3. The van der Waals surface area contributed by atoms with Gasteiger partial charge in [0, 0.05) is 44.2 Å². The monoisotopic (exact) mass is 563 g/mol. The van der Waals surface area contributed by atoms with Crippen molar-refractivity contribution < 1.29 is 9.53 Å². The van der Waals surface area contributed by atoms with Crippen molar-refractivity contribution in [2.75, 3.05) is 52.5 Å². The molecule has 2 atom stereocenters. The zero-order chi connectivity index (χ0) is 21.3. The second kappa shape index (κ2) is 13.4. The molecule has 0 spiro atoms. The first kappa shape index (κ1) is 26.2. The van der Waals surface area contributed by atoms with Crippen LogP contribution in [0.4, 0.5) is 0 Å². The molecule has 3 N–H and O–H groups in total. The van der Waals surface area contributed by atoms with Crippen molar-refractivity contribution >= 4 is 47.4 Å². The molecule has 2 aliphatic rings. The Bertz CT molecular complexity index is 712.